The van der Waals surface area contributed by atoms with Crippen LogP contribution in [0.4, 0.5) is 5.69 Å². The molecule has 5 nitrogen and oxygen atoms in total. The van der Waals surface area contributed by atoms with Crippen LogP contribution in [0.2, 0.25) is 5.02 Å². The van der Waals surface area contributed by atoms with Crippen LogP contribution in [-0.2, 0) is 9.53 Å². The maximum Gasteiger partial charge on any atom is 0.337 e. The quantitative estimate of drug-likeness (QED) is 0.804. The first-order chi connectivity index (χ1) is 11.5. The van der Waals surface area contributed by atoms with Gasteiger partial charge in [0, 0.05) is 10.7 Å². The van der Waals surface area contributed by atoms with Crippen LogP contribution in [-0.4, -0.2) is 25.1 Å². The van der Waals surface area contributed by atoms with E-state index in [2.05, 4.69) is 10.1 Å². The van der Waals surface area contributed by atoms with Crippen molar-refractivity contribution in [1.29, 1.82) is 0 Å². The van der Waals surface area contributed by atoms with Crippen LogP contribution in [0, 0.1) is 0 Å². The fourth-order valence-electron chi connectivity index (χ4n) is 2.06. The molecule has 0 aliphatic heterocycles. The van der Waals surface area contributed by atoms with E-state index in [1.807, 2.05) is 6.92 Å². The zero-order chi connectivity index (χ0) is 17.5. The lowest BCUT2D eigenvalue weighted by Crippen LogP contribution is -2.32. The SMILES string of the molecule is CC[C@H](Oc1cccc(Cl)c1)C(=O)Nc1ccc(C(=O)OC)cc1. The van der Waals surface area contributed by atoms with Gasteiger partial charge >= 0.3 is 5.97 Å². The first-order valence-corrected chi connectivity index (χ1v) is 7.82. The van der Waals surface area contributed by atoms with Crippen molar-refractivity contribution in [3.8, 4) is 5.75 Å². The normalized spacial score (nSPS) is 11.5. The molecule has 1 amide bonds. The highest BCUT2D eigenvalue weighted by molar-refractivity contribution is 6.30. The van der Waals surface area contributed by atoms with Crippen LogP contribution in [0.5, 0.6) is 5.75 Å². The summed E-state index contributed by atoms with van der Waals surface area (Å²) in [5.41, 5.74) is 0.985. The standard InChI is InChI=1S/C18H18ClNO4/c1-3-16(24-15-6-4-5-13(19)11-15)17(21)20-14-9-7-12(8-10-14)18(22)23-2/h4-11,16H,3H2,1-2H3,(H,20,21)/t16-/m0/s1. The Morgan fingerprint density at radius 3 is 2.46 bits per heavy atom. The summed E-state index contributed by atoms with van der Waals surface area (Å²) in [5.74, 6) is -0.169. The number of halogens is 1. The van der Waals surface area contributed by atoms with Crippen molar-refractivity contribution in [2.24, 2.45) is 0 Å². The minimum atomic E-state index is -0.649. The maximum atomic E-state index is 12.3. The molecule has 0 bridgehead atoms. The first kappa shape index (κ1) is 17.8. The van der Waals surface area contributed by atoms with Crippen LogP contribution >= 0.6 is 11.6 Å². The van der Waals surface area contributed by atoms with Gasteiger partial charge in [0.25, 0.3) is 5.91 Å². The van der Waals surface area contributed by atoms with Crippen LogP contribution in [0.15, 0.2) is 48.5 Å². The van der Waals surface area contributed by atoms with Crippen molar-refractivity contribution in [3.63, 3.8) is 0 Å². The molecule has 0 saturated carbocycles. The molecule has 0 saturated heterocycles. The Balaban J connectivity index is 2.02. The van der Waals surface area contributed by atoms with Gasteiger partial charge in [0.1, 0.15) is 5.75 Å². The third-order valence-electron chi connectivity index (χ3n) is 3.31. The highest BCUT2D eigenvalue weighted by atomic mass is 35.5. The monoisotopic (exact) mass is 347 g/mol. The first-order valence-electron chi connectivity index (χ1n) is 7.45. The van der Waals surface area contributed by atoms with Gasteiger partial charge in [-0.15, -0.1) is 0 Å². The lowest BCUT2D eigenvalue weighted by atomic mass is 10.2. The number of esters is 1. The van der Waals surface area contributed by atoms with Gasteiger partial charge < -0.3 is 14.8 Å². The summed E-state index contributed by atoms with van der Waals surface area (Å²) in [6.45, 7) is 1.86. The fourth-order valence-corrected chi connectivity index (χ4v) is 2.24. The molecule has 126 valence electrons. The highest BCUT2D eigenvalue weighted by Crippen LogP contribution is 2.20. The van der Waals surface area contributed by atoms with E-state index in [1.54, 1.807) is 48.5 Å². The van der Waals surface area contributed by atoms with Crippen LogP contribution in [0.25, 0.3) is 0 Å². The highest BCUT2D eigenvalue weighted by Gasteiger charge is 2.19. The van der Waals surface area contributed by atoms with E-state index in [0.29, 0.717) is 28.4 Å². The molecule has 0 aliphatic rings. The molecule has 24 heavy (non-hydrogen) atoms. The molecule has 0 unspecified atom stereocenters. The smallest absolute Gasteiger partial charge is 0.337 e. The van der Waals surface area contributed by atoms with Gasteiger partial charge in [-0.05, 0) is 48.9 Å². The van der Waals surface area contributed by atoms with E-state index >= 15 is 0 Å². The summed E-state index contributed by atoms with van der Waals surface area (Å²) >= 11 is 5.91. The molecule has 0 heterocycles. The maximum absolute atomic E-state index is 12.3. The average Bonchev–Trinajstić information content (AvgIpc) is 2.59. The number of carbonyl (C=O) groups excluding carboxylic acids is 2. The average molecular weight is 348 g/mol. The summed E-state index contributed by atoms with van der Waals surface area (Å²) in [7, 11) is 1.32. The predicted octanol–water partition coefficient (Wildman–Crippen LogP) is 3.92. The number of nitrogens with one attached hydrogen (secondary N) is 1. The van der Waals surface area contributed by atoms with Gasteiger partial charge in [0.05, 0.1) is 12.7 Å². The second-order valence-corrected chi connectivity index (χ2v) is 5.47. The minimum Gasteiger partial charge on any atom is -0.481 e. The van der Waals surface area contributed by atoms with E-state index in [1.165, 1.54) is 7.11 Å². The van der Waals surface area contributed by atoms with Gasteiger partial charge in [-0.1, -0.05) is 24.6 Å². The van der Waals surface area contributed by atoms with Crippen molar-refractivity contribution >= 4 is 29.2 Å². The minimum absolute atomic E-state index is 0.275. The van der Waals surface area contributed by atoms with Crippen molar-refractivity contribution < 1.29 is 19.1 Å². The molecule has 6 heteroatoms. The van der Waals surface area contributed by atoms with Gasteiger partial charge in [0.2, 0.25) is 0 Å². The Bertz CT molecular complexity index is 715. The lowest BCUT2D eigenvalue weighted by Gasteiger charge is -2.17. The summed E-state index contributed by atoms with van der Waals surface area (Å²) < 4.78 is 10.3. The summed E-state index contributed by atoms with van der Waals surface area (Å²) in [6.07, 6.45) is -0.151. The Labute approximate surface area is 145 Å². The number of anilines is 1. The molecule has 2 aromatic carbocycles. The Kier molecular flexibility index (Phi) is 6.21. The number of rotatable bonds is 6. The van der Waals surface area contributed by atoms with Crippen LogP contribution in [0.3, 0.4) is 0 Å². The third kappa shape index (κ3) is 4.73. The second-order valence-electron chi connectivity index (χ2n) is 5.03. The molecule has 0 radical (unpaired) electrons. The summed E-state index contributed by atoms with van der Waals surface area (Å²) in [6, 6.07) is 13.3. The number of hydrogen-bond donors (Lipinski definition) is 1. The number of methoxy groups -OCH3 is 1. The van der Waals surface area contributed by atoms with E-state index in [-0.39, 0.29) is 5.91 Å². The zero-order valence-electron chi connectivity index (χ0n) is 13.4. The van der Waals surface area contributed by atoms with E-state index < -0.39 is 12.1 Å². The lowest BCUT2D eigenvalue weighted by molar-refractivity contribution is -0.122. The van der Waals surface area contributed by atoms with Crippen LogP contribution in [0.1, 0.15) is 23.7 Å². The third-order valence-corrected chi connectivity index (χ3v) is 3.55. The van der Waals surface area contributed by atoms with Crippen molar-refractivity contribution in [2.75, 3.05) is 12.4 Å². The molecule has 0 aliphatic carbocycles. The number of benzene rings is 2. The molecule has 0 fully saturated rings. The molecule has 1 atom stereocenters. The summed E-state index contributed by atoms with van der Waals surface area (Å²) in [4.78, 5) is 23.7. The largest absolute Gasteiger partial charge is 0.481 e. The molecule has 2 aromatic rings. The molecular weight excluding hydrogens is 330 g/mol. The molecule has 1 N–H and O–H groups in total. The summed E-state index contributed by atoms with van der Waals surface area (Å²) in [5, 5.41) is 3.31. The zero-order valence-corrected chi connectivity index (χ0v) is 14.2. The molecule has 2 rings (SSSR count). The van der Waals surface area contributed by atoms with E-state index in [9.17, 15) is 9.59 Å². The second kappa shape index (κ2) is 8.36. The number of ether oxygens (including phenoxy) is 2. The molecular formula is C18H18ClNO4. The van der Waals surface area contributed by atoms with Crippen LogP contribution < -0.4 is 10.1 Å². The van der Waals surface area contributed by atoms with Crippen molar-refractivity contribution in [3.05, 3.63) is 59.1 Å². The fraction of sp³-hybridized carbons (Fsp3) is 0.222. The van der Waals surface area contributed by atoms with E-state index in [4.69, 9.17) is 16.3 Å². The predicted molar refractivity (Wildman–Crippen MR) is 92.6 cm³/mol. The van der Waals surface area contributed by atoms with Gasteiger partial charge in [-0.3, -0.25) is 4.79 Å². The molecule has 0 aromatic heterocycles. The molecule has 0 spiro atoms. The topological polar surface area (TPSA) is 64.6 Å². The Morgan fingerprint density at radius 1 is 1.17 bits per heavy atom. The van der Waals surface area contributed by atoms with Gasteiger partial charge in [-0.25, -0.2) is 4.79 Å². The van der Waals surface area contributed by atoms with Gasteiger partial charge in [-0.2, -0.15) is 0 Å². The van der Waals surface area contributed by atoms with E-state index in [0.717, 1.165) is 0 Å². The van der Waals surface area contributed by atoms with Gasteiger partial charge in [0.15, 0.2) is 6.10 Å². The Hall–Kier alpha value is -2.53. The number of hydrogen-bond acceptors (Lipinski definition) is 4. The number of amides is 1. The van der Waals surface area contributed by atoms with Crippen molar-refractivity contribution in [2.45, 2.75) is 19.4 Å². The van der Waals surface area contributed by atoms with Crippen molar-refractivity contribution in [1.82, 2.24) is 0 Å². The Morgan fingerprint density at radius 2 is 1.88 bits per heavy atom. The number of carbonyl (C=O) groups is 2.